The second kappa shape index (κ2) is 5.72. The number of carboxylic acid groups (broad SMARTS) is 1. The molecule has 8 nitrogen and oxygen atoms in total. The summed E-state index contributed by atoms with van der Waals surface area (Å²) in [6.45, 7) is -0.252. The monoisotopic (exact) mass is 281 g/mol. The van der Waals surface area contributed by atoms with Gasteiger partial charge in [0.15, 0.2) is 0 Å². The zero-order chi connectivity index (χ0) is 14.7. The number of nitrogens with zero attached hydrogens (tertiary/aromatic N) is 1. The Hall–Kier alpha value is -2.38. The zero-order valence-corrected chi connectivity index (χ0v) is 10.7. The smallest absolute Gasteiger partial charge is 0.328 e. The first-order valence-corrected chi connectivity index (χ1v) is 6.26. The van der Waals surface area contributed by atoms with Crippen LogP contribution in [0, 0.1) is 5.92 Å². The van der Waals surface area contributed by atoms with Gasteiger partial charge < -0.3 is 10.4 Å². The van der Waals surface area contributed by atoms with Crippen LogP contribution >= 0.6 is 0 Å². The number of carbonyl (C=O) groups is 2. The Balaban J connectivity index is 1.98. The van der Waals surface area contributed by atoms with Crippen LogP contribution in [0.25, 0.3) is 0 Å². The van der Waals surface area contributed by atoms with Crippen LogP contribution in [0.3, 0.4) is 0 Å². The van der Waals surface area contributed by atoms with Crippen LogP contribution in [-0.4, -0.2) is 32.6 Å². The fourth-order valence-electron chi connectivity index (χ4n) is 2.00. The predicted octanol–water partition coefficient (Wildman–Crippen LogP) is -1.09. The number of aliphatic carboxylic acids is 1. The number of carboxylic acids is 1. The number of hydrogen-bond donors (Lipinski definition) is 3. The Morgan fingerprint density at radius 1 is 1.45 bits per heavy atom. The highest BCUT2D eigenvalue weighted by molar-refractivity contribution is 5.77. The van der Waals surface area contributed by atoms with Gasteiger partial charge in [0, 0.05) is 18.3 Å². The van der Waals surface area contributed by atoms with Crippen molar-refractivity contribution in [3.63, 3.8) is 0 Å². The number of hydrogen-bond acceptors (Lipinski definition) is 4. The molecule has 3 N–H and O–H groups in total. The second-order valence-electron chi connectivity index (χ2n) is 4.85. The van der Waals surface area contributed by atoms with Crippen molar-refractivity contribution in [1.29, 1.82) is 0 Å². The van der Waals surface area contributed by atoms with Crippen LogP contribution < -0.4 is 16.6 Å². The van der Waals surface area contributed by atoms with E-state index in [2.05, 4.69) is 5.32 Å². The molecule has 1 aromatic heterocycles. The summed E-state index contributed by atoms with van der Waals surface area (Å²) in [5.41, 5.74) is -1.21. The first-order chi connectivity index (χ1) is 9.45. The quantitative estimate of drug-likeness (QED) is 0.611. The lowest BCUT2D eigenvalue weighted by atomic mass is 10.1. The Kier molecular flexibility index (Phi) is 4.02. The van der Waals surface area contributed by atoms with Crippen molar-refractivity contribution in [2.75, 3.05) is 0 Å². The standard InChI is InChI=1S/C12H15N3O5/c16-9-3-4-15(12(20)14-9)6-10(17)13-8(5-11(18)19)7-1-2-7/h3-4,7-8H,1-2,5-6H2,(H,13,17)(H,18,19)(H,14,16,20). The van der Waals surface area contributed by atoms with Crippen molar-refractivity contribution in [2.45, 2.75) is 31.8 Å². The second-order valence-corrected chi connectivity index (χ2v) is 4.85. The van der Waals surface area contributed by atoms with Gasteiger partial charge in [0.1, 0.15) is 6.54 Å². The molecule has 1 amide bonds. The summed E-state index contributed by atoms with van der Waals surface area (Å²) in [6.07, 6.45) is 2.90. The van der Waals surface area contributed by atoms with Crippen molar-refractivity contribution >= 4 is 11.9 Å². The normalized spacial score (nSPS) is 15.6. The summed E-state index contributed by atoms with van der Waals surface area (Å²) in [5.74, 6) is -1.22. The topological polar surface area (TPSA) is 121 Å². The minimum absolute atomic E-state index is 0.128. The molecular weight excluding hydrogens is 266 g/mol. The molecule has 1 aromatic rings. The molecule has 1 aliphatic carbocycles. The van der Waals surface area contributed by atoms with Crippen molar-refractivity contribution in [2.24, 2.45) is 5.92 Å². The van der Waals surface area contributed by atoms with Gasteiger partial charge in [-0.25, -0.2) is 4.79 Å². The molecule has 1 fully saturated rings. The number of amides is 1. The highest BCUT2D eigenvalue weighted by Gasteiger charge is 2.33. The van der Waals surface area contributed by atoms with E-state index in [0.717, 1.165) is 23.5 Å². The molecule has 0 radical (unpaired) electrons. The summed E-state index contributed by atoms with van der Waals surface area (Å²) in [5, 5.41) is 11.4. The van der Waals surface area contributed by atoms with Crippen LogP contribution in [0.4, 0.5) is 0 Å². The van der Waals surface area contributed by atoms with E-state index in [-0.39, 0.29) is 18.9 Å². The number of aromatic amines is 1. The van der Waals surface area contributed by atoms with Crippen molar-refractivity contribution in [3.05, 3.63) is 33.1 Å². The first kappa shape index (κ1) is 14.0. The van der Waals surface area contributed by atoms with E-state index in [9.17, 15) is 19.2 Å². The van der Waals surface area contributed by atoms with E-state index in [1.165, 1.54) is 6.20 Å². The molecule has 0 aliphatic heterocycles. The lowest BCUT2D eigenvalue weighted by molar-refractivity contribution is -0.137. The molecule has 8 heteroatoms. The van der Waals surface area contributed by atoms with Gasteiger partial charge >= 0.3 is 11.7 Å². The van der Waals surface area contributed by atoms with Crippen LogP contribution in [0.5, 0.6) is 0 Å². The molecule has 0 saturated heterocycles. The molecule has 1 unspecified atom stereocenters. The summed E-state index contributed by atoms with van der Waals surface area (Å²) in [6, 6.07) is 0.739. The molecule has 1 saturated carbocycles. The third-order valence-electron chi connectivity index (χ3n) is 3.14. The Bertz CT molecular complexity index is 628. The summed E-state index contributed by atoms with van der Waals surface area (Å²) >= 11 is 0. The van der Waals surface area contributed by atoms with E-state index in [1.54, 1.807) is 0 Å². The lowest BCUT2D eigenvalue weighted by Crippen LogP contribution is -2.42. The van der Waals surface area contributed by atoms with Gasteiger partial charge in [-0.3, -0.25) is 23.9 Å². The third kappa shape index (κ3) is 3.81. The highest BCUT2D eigenvalue weighted by atomic mass is 16.4. The van der Waals surface area contributed by atoms with Crippen molar-refractivity contribution in [3.8, 4) is 0 Å². The zero-order valence-electron chi connectivity index (χ0n) is 10.7. The van der Waals surface area contributed by atoms with Gasteiger partial charge in [-0.2, -0.15) is 0 Å². The van der Waals surface area contributed by atoms with Crippen LogP contribution in [0.1, 0.15) is 19.3 Å². The summed E-state index contributed by atoms with van der Waals surface area (Å²) in [7, 11) is 0. The molecule has 1 atom stereocenters. The maximum Gasteiger partial charge on any atom is 0.328 e. The van der Waals surface area contributed by atoms with E-state index in [0.29, 0.717) is 0 Å². The van der Waals surface area contributed by atoms with Gasteiger partial charge in [-0.15, -0.1) is 0 Å². The fourth-order valence-corrected chi connectivity index (χ4v) is 2.00. The van der Waals surface area contributed by atoms with Crippen LogP contribution in [-0.2, 0) is 16.1 Å². The Labute approximate surface area is 113 Å². The van der Waals surface area contributed by atoms with Gasteiger partial charge in [-0.05, 0) is 18.8 Å². The predicted molar refractivity (Wildman–Crippen MR) is 68.2 cm³/mol. The van der Waals surface area contributed by atoms with Gasteiger partial charge in [0.2, 0.25) is 5.91 Å². The van der Waals surface area contributed by atoms with Gasteiger partial charge in [0.25, 0.3) is 5.56 Å². The minimum atomic E-state index is -0.969. The van der Waals surface area contributed by atoms with Crippen LogP contribution in [0.15, 0.2) is 21.9 Å². The number of rotatable bonds is 6. The fraction of sp³-hybridized carbons (Fsp3) is 0.500. The maximum atomic E-state index is 11.8. The minimum Gasteiger partial charge on any atom is -0.481 e. The molecule has 0 aromatic carbocycles. The van der Waals surface area contributed by atoms with Crippen LogP contribution in [0.2, 0.25) is 0 Å². The maximum absolute atomic E-state index is 11.8. The Morgan fingerprint density at radius 3 is 2.70 bits per heavy atom. The average molecular weight is 281 g/mol. The molecule has 1 aliphatic rings. The molecule has 0 spiro atoms. The average Bonchev–Trinajstić information content (AvgIpc) is 3.15. The first-order valence-electron chi connectivity index (χ1n) is 6.26. The van der Waals surface area contributed by atoms with E-state index in [4.69, 9.17) is 5.11 Å². The largest absolute Gasteiger partial charge is 0.481 e. The number of H-pyrrole nitrogens is 1. The third-order valence-corrected chi connectivity index (χ3v) is 3.14. The van der Waals surface area contributed by atoms with E-state index < -0.39 is 29.2 Å². The van der Waals surface area contributed by atoms with Crippen molar-refractivity contribution in [1.82, 2.24) is 14.9 Å². The summed E-state index contributed by atoms with van der Waals surface area (Å²) in [4.78, 5) is 46.9. The Morgan fingerprint density at radius 2 is 2.15 bits per heavy atom. The number of aromatic nitrogens is 2. The van der Waals surface area contributed by atoms with E-state index >= 15 is 0 Å². The van der Waals surface area contributed by atoms with Gasteiger partial charge in [0.05, 0.1) is 6.42 Å². The molecule has 20 heavy (non-hydrogen) atoms. The number of carbonyl (C=O) groups excluding carboxylic acids is 1. The van der Waals surface area contributed by atoms with Gasteiger partial charge in [-0.1, -0.05) is 0 Å². The molecule has 1 heterocycles. The molecule has 2 rings (SSSR count). The van der Waals surface area contributed by atoms with E-state index in [1.807, 2.05) is 4.98 Å². The number of nitrogens with one attached hydrogen (secondary N) is 2. The highest BCUT2D eigenvalue weighted by Crippen LogP contribution is 2.33. The summed E-state index contributed by atoms with van der Waals surface area (Å²) < 4.78 is 1.06. The van der Waals surface area contributed by atoms with Crippen molar-refractivity contribution < 1.29 is 14.7 Å². The molecule has 108 valence electrons. The lowest BCUT2D eigenvalue weighted by Gasteiger charge is -2.16. The SMILES string of the molecule is O=C(O)CC(NC(=O)Cn1ccc(=O)[nH]c1=O)C1CC1. The molecular formula is C12H15N3O5. The molecule has 0 bridgehead atoms.